The van der Waals surface area contributed by atoms with Gasteiger partial charge in [-0.15, -0.1) is 0 Å². The molecule has 1 aliphatic rings. The standard InChI is InChI=1S/C14H21N3S/c1-3-4-9-16-10-15-14(18)17(11-16)13-7-5-12(2)6-8-13/h5-8H,3-4,9-11H2,1-2H3,(H,15,18)/p+1. The van der Waals surface area contributed by atoms with Crippen LogP contribution in [0.5, 0.6) is 0 Å². The summed E-state index contributed by atoms with van der Waals surface area (Å²) in [5, 5.41) is 4.17. The highest BCUT2D eigenvalue weighted by molar-refractivity contribution is 7.80. The maximum atomic E-state index is 5.41. The number of unbranched alkanes of at least 4 members (excludes halogenated alkanes) is 1. The van der Waals surface area contributed by atoms with E-state index in [1.54, 1.807) is 4.90 Å². The molecule has 98 valence electrons. The van der Waals surface area contributed by atoms with Gasteiger partial charge in [0.25, 0.3) is 0 Å². The summed E-state index contributed by atoms with van der Waals surface area (Å²) in [4.78, 5) is 3.74. The number of anilines is 1. The zero-order chi connectivity index (χ0) is 13.0. The van der Waals surface area contributed by atoms with E-state index >= 15 is 0 Å². The fourth-order valence-electron chi connectivity index (χ4n) is 2.17. The van der Waals surface area contributed by atoms with Crippen LogP contribution in [0.3, 0.4) is 0 Å². The van der Waals surface area contributed by atoms with Crippen LogP contribution in [0.25, 0.3) is 0 Å². The summed E-state index contributed by atoms with van der Waals surface area (Å²) in [6, 6.07) is 8.56. The number of quaternary nitrogens is 1. The van der Waals surface area contributed by atoms with Gasteiger partial charge in [-0.05, 0) is 37.7 Å². The molecule has 0 aromatic heterocycles. The summed E-state index contributed by atoms with van der Waals surface area (Å²) in [5.74, 6) is 0. The second-order valence-electron chi connectivity index (χ2n) is 4.93. The normalized spacial score (nSPS) is 19.8. The van der Waals surface area contributed by atoms with Crippen molar-refractivity contribution in [3.63, 3.8) is 0 Å². The Bertz CT molecular complexity index is 402. The van der Waals surface area contributed by atoms with Gasteiger partial charge in [0.05, 0.1) is 6.54 Å². The van der Waals surface area contributed by atoms with Crippen molar-refractivity contribution in [3.05, 3.63) is 29.8 Å². The number of aryl methyl sites for hydroxylation is 1. The van der Waals surface area contributed by atoms with E-state index in [9.17, 15) is 0 Å². The highest BCUT2D eigenvalue weighted by Crippen LogP contribution is 2.14. The largest absolute Gasteiger partial charge is 0.315 e. The van der Waals surface area contributed by atoms with Gasteiger partial charge in [0, 0.05) is 5.69 Å². The predicted molar refractivity (Wildman–Crippen MR) is 79.9 cm³/mol. The van der Waals surface area contributed by atoms with Gasteiger partial charge in [-0.2, -0.15) is 0 Å². The third-order valence-corrected chi connectivity index (χ3v) is 3.71. The minimum absolute atomic E-state index is 0.846. The molecule has 0 radical (unpaired) electrons. The van der Waals surface area contributed by atoms with Crippen LogP contribution in [0.15, 0.2) is 24.3 Å². The summed E-state index contributed by atoms with van der Waals surface area (Å²) < 4.78 is 0. The molecule has 4 heteroatoms. The zero-order valence-electron chi connectivity index (χ0n) is 11.2. The molecule has 0 bridgehead atoms. The minimum Gasteiger partial charge on any atom is -0.315 e. The van der Waals surface area contributed by atoms with Crippen LogP contribution in [0.2, 0.25) is 0 Å². The molecule has 2 rings (SSSR count). The number of benzene rings is 1. The molecule has 0 amide bonds. The quantitative estimate of drug-likeness (QED) is 0.800. The first-order chi connectivity index (χ1) is 8.70. The van der Waals surface area contributed by atoms with Crippen molar-refractivity contribution in [1.82, 2.24) is 5.32 Å². The second-order valence-corrected chi connectivity index (χ2v) is 5.32. The Kier molecular flexibility index (Phi) is 4.55. The van der Waals surface area contributed by atoms with Crippen LogP contribution >= 0.6 is 12.2 Å². The third kappa shape index (κ3) is 3.21. The maximum Gasteiger partial charge on any atom is 0.182 e. The van der Waals surface area contributed by atoms with E-state index in [0.717, 1.165) is 18.4 Å². The molecule has 1 atom stereocenters. The number of rotatable bonds is 4. The monoisotopic (exact) mass is 264 g/mol. The van der Waals surface area contributed by atoms with Crippen LogP contribution < -0.4 is 15.1 Å². The first-order valence-corrected chi connectivity index (χ1v) is 7.07. The van der Waals surface area contributed by atoms with Crippen molar-refractivity contribution in [1.29, 1.82) is 0 Å². The minimum atomic E-state index is 0.846. The number of hydrogen-bond donors (Lipinski definition) is 2. The van der Waals surface area contributed by atoms with Crippen molar-refractivity contribution >= 4 is 23.0 Å². The summed E-state index contributed by atoms with van der Waals surface area (Å²) in [6.45, 7) is 7.46. The lowest BCUT2D eigenvalue weighted by atomic mass is 10.2. The predicted octanol–water partition coefficient (Wildman–Crippen LogP) is 1.29. The van der Waals surface area contributed by atoms with Crippen molar-refractivity contribution < 1.29 is 4.90 Å². The molecule has 1 fully saturated rings. The summed E-state index contributed by atoms with van der Waals surface area (Å²) in [5.41, 5.74) is 2.47. The van der Waals surface area contributed by atoms with Gasteiger partial charge in [0.1, 0.15) is 0 Å². The Balaban J connectivity index is 2.05. The lowest BCUT2D eigenvalue weighted by molar-refractivity contribution is -0.903. The van der Waals surface area contributed by atoms with Gasteiger partial charge in [-0.3, -0.25) is 4.90 Å². The van der Waals surface area contributed by atoms with E-state index < -0.39 is 0 Å². The molecule has 0 spiro atoms. The highest BCUT2D eigenvalue weighted by Gasteiger charge is 2.23. The molecule has 2 N–H and O–H groups in total. The van der Waals surface area contributed by atoms with Crippen LogP contribution in [0.1, 0.15) is 25.3 Å². The molecule has 1 heterocycles. The molecule has 0 saturated carbocycles. The van der Waals surface area contributed by atoms with E-state index in [0.29, 0.717) is 0 Å². The van der Waals surface area contributed by atoms with Gasteiger partial charge in [0.2, 0.25) is 0 Å². The smallest absolute Gasteiger partial charge is 0.182 e. The molecule has 1 saturated heterocycles. The average Bonchev–Trinajstić information content (AvgIpc) is 2.39. The SMILES string of the molecule is CCCC[NH+]1CNC(=S)N(c2ccc(C)cc2)C1. The van der Waals surface area contributed by atoms with Crippen LogP contribution in [0, 0.1) is 6.92 Å². The number of nitrogens with one attached hydrogen (secondary N) is 2. The van der Waals surface area contributed by atoms with Crippen LogP contribution in [-0.4, -0.2) is 25.0 Å². The van der Waals surface area contributed by atoms with E-state index in [4.69, 9.17) is 12.2 Å². The molecule has 18 heavy (non-hydrogen) atoms. The first-order valence-electron chi connectivity index (χ1n) is 6.66. The number of hydrogen-bond acceptors (Lipinski definition) is 1. The van der Waals surface area contributed by atoms with Gasteiger partial charge in [-0.1, -0.05) is 31.0 Å². The number of nitrogens with zero attached hydrogens (tertiary/aromatic N) is 1. The Hall–Kier alpha value is -1.13. The van der Waals surface area contributed by atoms with Crippen molar-refractivity contribution in [2.75, 3.05) is 24.8 Å². The van der Waals surface area contributed by atoms with Crippen molar-refractivity contribution in [2.45, 2.75) is 26.7 Å². The Morgan fingerprint density at radius 2 is 2.06 bits per heavy atom. The fourth-order valence-corrected chi connectivity index (χ4v) is 2.42. The topological polar surface area (TPSA) is 19.7 Å². The van der Waals surface area contributed by atoms with Gasteiger partial charge < -0.3 is 10.2 Å². The van der Waals surface area contributed by atoms with Crippen LogP contribution in [-0.2, 0) is 0 Å². The molecule has 1 aromatic carbocycles. The molecule has 3 nitrogen and oxygen atoms in total. The fraction of sp³-hybridized carbons (Fsp3) is 0.500. The lowest BCUT2D eigenvalue weighted by Gasteiger charge is -2.35. The third-order valence-electron chi connectivity index (χ3n) is 3.35. The molecule has 1 aliphatic heterocycles. The molecule has 1 unspecified atom stereocenters. The average molecular weight is 264 g/mol. The molecule has 0 aliphatic carbocycles. The molecular weight excluding hydrogens is 242 g/mol. The van der Waals surface area contributed by atoms with E-state index in [1.807, 2.05) is 0 Å². The van der Waals surface area contributed by atoms with Gasteiger partial charge >= 0.3 is 0 Å². The van der Waals surface area contributed by atoms with Crippen molar-refractivity contribution in [3.8, 4) is 0 Å². The maximum absolute atomic E-state index is 5.41. The zero-order valence-corrected chi connectivity index (χ0v) is 12.0. The summed E-state index contributed by atoms with van der Waals surface area (Å²) >= 11 is 5.41. The van der Waals surface area contributed by atoms with Gasteiger partial charge in [-0.25, -0.2) is 0 Å². The molecule has 1 aromatic rings. The lowest BCUT2D eigenvalue weighted by Crippen LogP contribution is -3.17. The Morgan fingerprint density at radius 3 is 2.72 bits per heavy atom. The highest BCUT2D eigenvalue weighted by atomic mass is 32.1. The van der Waals surface area contributed by atoms with Crippen molar-refractivity contribution in [2.24, 2.45) is 0 Å². The van der Waals surface area contributed by atoms with E-state index in [-0.39, 0.29) is 0 Å². The number of thiocarbonyl (C=S) groups is 1. The second kappa shape index (κ2) is 6.16. The van der Waals surface area contributed by atoms with Gasteiger partial charge in [0.15, 0.2) is 18.4 Å². The summed E-state index contributed by atoms with van der Waals surface area (Å²) in [6.07, 6.45) is 2.52. The van der Waals surface area contributed by atoms with E-state index in [2.05, 4.69) is 48.3 Å². The van der Waals surface area contributed by atoms with Crippen LogP contribution in [0.4, 0.5) is 5.69 Å². The molecular formula is C14H22N3S+. The van der Waals surface area contributed by atoms with E-state index in [1.165, 1.54) is 30.6 Å². The first kappa shape index (κ1) is 13.3. The summed E-state index contributed by atoms with van der Waals surface area (Å²) in [7, 11) is 0. The Morgan fingerprint density at radius 1 is 1.33 bits per heavy atom. The Labute approximate surface area is 115 Å².